The Kier molecular flexibility index (Phi) is 9.33. The second-order valence-corrected chi connectivity index (χ2v) is 11.8. The second kappa shape index (κ2) is 12.3. The van der Waals surface area contributed by atoms with Crippen LogP contribution in [-0.4, -0.2) is 43.8 Å². The number of rotatable bonds is 10. The van der Waals surface area contributed by atoms with E-state index in [4.69, 9.17) is 0 Å². The van der Waals surface area contributed by atoms with Crippen LogP contribution in [0.25, 0.3) is 0 Å². The van der Waals surface area contributed by atoms with Gasteiger partial charge in [0.25, 0.3) is 10.0 Å². The minimum atomic E-state index is -4.08. The maximum absolute atomic E-state index is 13.9. The van der Waals surface area contributed by atoms with Gasteiger partial charge in [-0.25, -0.2) is 8.42 Å². The Morgan fingerprint density at radius 2 is 1.45 bits per heavy atom. The first kappa shape index (κ1) is 28.9. The smallest absolute Gasteiger partial charge is 0.264 e. The highest BCUT2D eigenvalue weighted by molar-refractivity contribution is 7.92. The highest BCUT2D eigenvalue weighted by Crippen LogP contribution is 2.28. The molecule has 0 aliphatic carbocycles. The van der Waals surface area contributed by atoms with E-state index < -0.39 is 28.5 Å². The van der Waals surface area contributed by atoms with E-state index in [1.807, 2.05) is 71.0 Å². The van der Waals surface area contributed by atoms with Crippen molar-refractivity contribution in [2.24, 2.45) is 0 Å². The summed E-state index contributed by atoms with van der Waals surface area (Å²) in [5, 5.41) is 2.86. The van der Waals surface area contributed by atoms with Crippen LogP contribution in [0.15, 0.2) is 77.7 Å². The molecule has 0 saturated carbocycles. The van der Waals surface area contributed by atoms with E-state index in [1.54, 1.807) is 31.2 Å². The lowest BCUT2D eigenvalue weighted by atomic mass is 10.1. The quantitative estimate of drug-likeness (QED) is 0.406. The van der Waals surface area contributed by atoms with Gasteiger partial charge in [-0.2, -0.15) is 0 Å². The molecule has 1 atom stereocenters. The van der Waals surface area contributed by atoms with Crippen molar-refractivity contribution in [1.82, 2.24) is 10.2 Å². The number of hydrogen-bond acceptors (Lipinski definition) is 4. The molecule has 8 heteroatoms. The van der Waals surface area contributed by atoms with Crippen molar-refractivity contribution < 1.29 is 18.0 Å². The third-order valence-corrected chi connectivity index (χ3v) is 8.08. The predicted molar refractivity (Wildman–Crippen MR) is 151 cm³/mol. The van der Waals surface area contributed by atoms with Crippen molar-refractivity contribution >= 4 is 27.5 Å². The molecule has 0 fully saturated rings. The predicted octanol–water partition coefficient (Wildman–Crippen LogP) is 4.75. The van der Waals surface area contributed by atoms with Crippen LogP contribution in [0.4, 0.5) is 5.69 Å². The topological polar surface area (TPSA) is 86.8 Å². The molecular weight excluding hydrogens is 498 g/mol. The lowest BCUT2D eigenvalue weighted by molar-refractivity contribution is -0.139. The Balaban J connectivity index is 2.05. The normalized spacial score (nSPS) is 12.2. The Bertz CT molecular complexity index is 1370. The Morgan fingerprint density at radius 1 is 0.842 bits per heavy atom. The summed E-state index contributed by atoms with van der Waals surface area (Å²) < 4.78 is 28.8. The Hall–Kier alpha value is -3.65. The second-order valence-electron chi connectivity index (χ2n) is 9.96. The molecule has 0 aromatic heterocycles. The van der Waals surface area contributed by atoms with Gasteiger partial charge in [0, 0.05) is 12.6 Å². The number of hydrogen-bond donors (Lipinski definition) is 1. The summed E-state index contributed by atoms with van der Waals surface area (Å²) in [7, 11) is -4.08. The molecule has 7 nitrogen and oxygen atoms in total. The van der Waals surface area contributed by atoms with Crippen LogP contribution in [0.1, 0.15) is 43.0 Å². The molecule has 0 aliphatic rings. The molecule has 3 aromatic carbocycles. The van der Waals surface area contributed by atoms with Gasteiger partial charge in [-0.1, -0.05) is 65.7 Å². The van der Waals surface area contributed by atoms with Crippen LogP contribution in [0.2, 0.25) is 0 Å². The molecule has 0 heterocycles. The van der Waals surface area contributed by atoms with Crippen LogP contribution in [-0.2, 0) is 26.2 Å². The van der Waals surface area contributed by atoms with E-state index in [9.17, 15) is 18.0 Å². The molecule has 0 aliphatic heterocycles. The van der Waals surface area contributed by atoms with Crippen LogP contribution >= 0.6 is 0 Å². The lowest BCUT2D eigenvalue weighted by Gasteiger charge is -2.32. The highest BCUT2D eigenvalue weighted by atomic mass is 32.2. The third-order valence-electron chi connectivity index (χ3n) is 6.30. The minimum Gasteiger partial charge on any atom is -0.352 e. The van der Waals surface area contributed by atoms with Gasteiger partial charge in [-0.3, -0.25) is 13.9 Å². The lowest BCUT2D eigenvalue weighted by Crippen LogP contribution is -2.52. The van der Waals surface area contributed by atoms with Gasteiger partial charge < -0.3 is 10.2 Å². The first-order chi connectivity index (χ1) is 17.9. The number of aryl methyl sites for hydroxylation is 3. The minimum absolute atomic E-state index is 0.0865. The average molecular weight is 536 g/mol. The molecule has 2 amide bonds. The average Bonchev–Trinajstić information content (AvgIpc) is 2.87. The molecule has 3 aromatic rings. The molecule has 1 N–H and O–H groups in total. The first-order valence-corrected chi connectivity index (χ1v) is 14.1. The van der Waals surface area contributed by atoms with E-state index in [1.165, 1.54) is 17.0 Å². The molecule has 0 spiro atoms. The summed E-state index contributed by atoms with van der Waals surface area (Å²) in [6.07, 6.45) is 0. The van der Waals surface area contributed by atoms with Crippen molar-refractivity contribution in [2.75, 3.05) is 10.8 Å². The van der Waals surface area contributed by atoms with Crippen molar-refractivity contribution in [3.8, 4) is 0 Å². The number of anilines is 1. The van der Waals surface area contributed by atoms with Gasteiger partial charge in [-0.15, -0.1) is 0 Å². The Labute approximate surface area is 226 Å². The molecule has 3 rings (SSSR count). The monoisotopic (exact) mass is 535 g/mol. The SMILES string of the molecule is Cc1ccc(CN(C(=O)CN(c2ccc(C)cc2C)S(=O)(=O)c2ccccc2)[C@@H](C)C(=O)NC(C)C)cc1. The zero-order valence-electron chi connectivity index (χ0n) is 22.9. The molecule has 0 bridgehead atoms. The van der Waals surface area contributed by atoms with Gasteiger partial charge in [0.05, 0.1) is 10.6 Å². The fraction of sp³-hybridized carbons (Fsp3) is 0.333. The maximum Gasteiger partial charge on any atom is 0.264 e. The van der Waals surface area contributed by atoms with Crippen molar-refractivity contribution in [3.63, 3.8) is 0 Å². The number of nitrogens with zero attached hydrogens (tertiary/aromatic N) is 2. The molecule has 0 saturated heterocycles. The molecule has 0 radical (unpaired) electrons. The van der Waals surface area contributed by atoms with Gasteiger partial charge in [0.15, 0.2) is 0 Å². The highest BCUT2D eigenvalue weighted by Gasteiger charge is 2.33. The van der Waals surface area contributed by atoms with Crippen molar-refractivity contribution in [1.29, 1.82) is 0 Å². The number of carbonyl (C=O) groups excluding carboxylic acids is 2. The zero-order chi connectivity index (χ0) is 28.0. The zero-order valence-corrected chi connectivity index (χ0v) is 23.7. The van der Waals surface area contributed by atoms with Crippen molar-refractivity contribution in [3.05, 3.63) is 95.1 Å². The largest absolute Gasteiger partial charge is 0.352 e. The van der Waals surface area contributed by atoms with Crippen molar-refractivity contribution in [2.45, 2.75) is 65.1 Å². The first-order valence-electron chi connectivity index (χ1n) is 12.7. The fourth-order valence-electron chi connectivity index (χ4n) is 4.20. The summed E-state index contributed by atoms with van der Waals surface area (Å²) in [6.45, 7) is 10.8. The van der Waals surface area contributed by atoms with Crippen LogP contribution < -0.4 is 9.62 Å². The number of amides is 2. The van der Waals surface area contributed by atoms with E-state index in [2.05, 4.69) is 5.32 Å². The van der Waals surface area contributed by atoms with Gasteiger partial charge >= 0.3 is 0 Å². The van der Waals surface area contributed by atoms with Gasteiger partial charge in [-0.05, 0) is 70.9 Å². The van der Waals surface area contributed by atoms with Crippen LogP contribution in [0, 0.1) is 20.8 Å². The molecule has 38 heavy (non-hydrogen) atoms. The molecule has 0 unspecified atom stereocenters. The molecular formula is C30H37N3O4S. The van der Waals surface area contributed by atoms with Crippen LogP contribution in [0.3, 0.4) is 0 Å². The van der Waals surface area contributed by atoms with Gasteiger partial charge in [0.2, 0.25) is 11.8 Å². The van der Waals surface area contributed by atoms with E-state index in [-0.39, 0.29) is 23.4 Å². The summed E-state index contributed by atoms with van der Waals surface area (Å²) in [4.78, 5) is 28.4. The number of carbonyl (C=O) groups is 2. The summed E-state index contributed by atoms with van der Waals surface area (Å²) in [5.41, 5.74) is 4.05. The number of benzene rings is 3. The third kappa shape index (κ3) is 7.01. The molecule has 202 valence electrons. The van der Waals surface area contributed by atoms with E-state index in [0.717, 1.165) is 26.6 Å². The standard InChI is InChI=1S/C30H37N3O4S/c1-21(2)31-30(35)25(6)32(19-26-15-12-22(3)13-16-26)29(34)20-33(28-17-14-23(4)18-24(28)5)38(36,37)27-10-8-7-9-11-27/h7-18,21,25H,19-20H2,1-6H3,(H,31,35)/t25-/m0/s1. The maximum atomic E-state index is 13.9. The summed E-state index contributed by atoms with van der Waals surface area (Å²) in [6, 6.07) is 20.3. The van der Waals surface area contributed by atoms with Crippen LogP contribution in [0.5, 0.6) is 0 Å². The van der Waals surface area contributed by atoms with Gasteiger partial charge in [0.1, 0.15) is 12.6 Å². The summed E-state index contributed by atoms with van der Waals surface area (Å²) >= 11 is 0. The fourth-order valence-corrected chi connectivity index (χ4v) is 5.70. The Morgan fingerprint density at radius 3 is 2.03 bits per heavy atom. The van der Waals surface area contributed by atoms with E-state index in [0.29, 0.717) is 5.69 Å². The number of sulfonamides is 1. The summed E-state index contributed by atoms with van der Waals surface area (Å²) in [5.74, 6) is -0.777. The number of nitrogens with one attached hydrogen (secondary N) is 1. The van der Waals surface area contributed by atoms with E-state index >= 15 is 0 Å².